The average molecular weight is 477 g/mol. The largest absolute Gasteiger partial charge is 0.388 e. The van der Waals surface area contributed by atoms with Crippen LogP contribution in [-0.4, -0.2) is 56.6 Å². The molecular formula is C19H32IN3O3. The smallest absolute Gasteiger partial charge is 0.191 e. The van der Waals surface area contributed by atoms with Gasteiger partial charge in [0, 0.05) is 26.2 Å². The molecule has 0 aromatic heterocycles. The summed E-state index contributed by atoms with van der Waals surface area (Å²) < 4.78 is 11.2. The monoisotopic (exact) mass is 477 g/mol. The fraction of sp³-hybridized carbons (Fsp3) is 0.632. The number of nitrogens with zero attached hydrogens (tertiary/aromatic N) is 1. The maximum absolute atomic E-state index is 10.2. The summed E-state index contributed by atoms with van der Waals surface area (Å²) in [6, 6.07) is 9.68. The molecule has 0 amide bonds. The van der Waals surface area contributed by atoms with Gasteiger partial charge < -0.3 is 25.2 Å². The van der Waals surface area contributed by atoms with Crippen molar-refractivity contribution in [3.05, 3.63) is 35.9 Å². The quantitative estimate of drug-likeness (QED) is 0.209. The van der Waals surface area contributed by atoms with Crippen molar-refractivity contribution < 1.29 is 14.6 Å². The van der Waals surface area contributed by atoms with E-state index in [1.165, 1.54) is 0 Å². The Morgan fingerprint density at radius 3 is 2.85 bits per heavy atom. The van der Waals surface area contributed by atoms with Crippen LogP contribution in [0.15, 0.2) is 35.3 Å². The van der Waals surface area contributed by atoms with Crippen molar-refractivity contribution in [1.29, 1.82) is 0 Å². The van der Waals surface area contributed by atoms with Crippen LogP contribution >= 0.6 is 24.0 Å². The molecule has 2 unspecified atom stereocenters. The zero-order valence-electron chi connectivity index (χ0n) is 15.5. The number of halogens is 1. The number of nitrogens with one attached hydrogen (secondary N) is 2. The Balaban J connectivity index is 0.00000338. The van der Waals surface area contributed by atoms with Gasteiger partial charge in [-0.1, -0.05) is 30.3 Å². The third kappa shape index (κ3) is 9.16. The first-order valence-electron chi connectivity index (χ1n) is 9.24. The van der Waals surface area contributed by atoms with Crippen molar-refractivity contribution in [3.8, 4) is 0 Å². The predicted molar refractivity (Wildman–Crippen MR) is 115 cm³/mol. The summed E-state index contributed by atoms with van der Waals surface area (Å²) in [6.45, 7) is 6.23. The number of benzene rings is 1. The van der Waals surface area contributed by atoms with E-state index in [-0.39, 0.29) is 30.1 Å². The molecule has 26 heavy (non-hydrogen) atoms. The van der Waals surface area contributed by atoms with E-state index in [0.717, 1.165) is 37.5 Å². The van der Waals surface area contributed by atoms with E-state index in [1.54, 1.807) is 0 Å². The van der Waals surface area contributed by atoms with E-state index in [1.807, 2.05) is 37.3 Å². The normalized spacial score (nSPS) is 18.2. The second-order valence-electron chi connectivity index (χ2n) is 6.11. The third-order valence-electron chi connectivity index (χ3n) is 4.07. The number of hydrogen-bond donors (Lipinski definition) is 3. The Bertz CT molecular complexity index is 496. The highest BCUT2D eigenvalue weighted by atomic mass is 127. The van der Waals surface area contributed by atoms with Crippen LogP contribution in [0.25, 0.3) is 0 Å². The second-order valence-corrected chi connectivity index (χ2v) is 6.11. The fourth-order valence-electron chi connectivity index (χ4n) is 2.71. The van der Waals surface area contributed by atoms with Gasteiger partial charge >= 0.3 is 0 Å². The standard InChI is InChI=1S/C19H31N3O3.HI/c1-2-20-19(22-12-14-24-15-17-9-6-13-25-17)21-11-10-18(23)16-7-4-3-5-8-16;/h3-5,7-8,17-18,23H,2,6,9-15H2,1H3,(H2,20,21,22);1H. The van der Waals surface area contributed by atoms with Crippen LogP contribution in [0.5, 0.6) is 0 Å². The summed E-state index contributed by atoms with van der Waals surface area (Å²) in [6.07, 6.45) is 2.61. The van der Waals surface area contributed by atoms with Crippen molar-refractivity contribution in [2.45, 2.75) is 38.4 Å². The molecule has 2 rings (SSSR count). The van der Waals surface area contributed by atoms with Crippen LogP contribution in [0.1, 0.15) is 37.9 Å². The van der Waals surface area contributed by atoms with E-state index < -0.39 is 6.10 Å². The molecule has 2 atom stereocenters. The molecule has 1 fully saturated rings. The summed E-state index contributed by atoms with van der Waals surface area (Å²) in [5.41, 5.74) is 0.929. The van der Waals surface area contributed by atoms with Gasteiger partial charge in [-0.15, -0.1) is 24.0 Å². The molecule has 1 heterocycles. The highest BCUT2D eigenvalue weighted by Gasteiger charge is 2.14. The Hall–Kier alpha value is -0.900. The Morgan fingerprint density at radius 2 is 2.15 bits per heavy atom. The topological polar surface area (TPSA) is 75.1 Å². The first kappa shape index (κ1) is 23.1. The van der Waals surface area contributed by atoms with Gasteiger partial charge in [0.25, 0.3) is 0 Å². The van der Waals surface area contributed by atoms with E-state index >= 15 is 0 Å². The van der Waals surface area contributed by atoms with Crippen LogP contribution in [0, 0.1) is 0 Å². The third-order valence-corrected chi connectivity index (χ3v) is 4.07. The molecule has 0 radical (unpaired) electrons. The lowest BCUT2D eigenvalue weighted by Crippen LogP contribution is -2.39. The lowest BCUT2D eigenvalue weighted by Gasteiger charge is -2.14. The van der Waals surface area contributed by atoms with Crippen LogP contribution in [0.2, 0.25) is 0 Å². The summed E-state index contributed by atoms with van der Waals surface area (Å²) in [7, 11) is 0. The molecule has 1 aliphatic heterocycles. The maximum atomic E-state index is 10.2. The minimum absolute atomic E-state index is 0. The fourth-order valence-corrected chi connectivity index (χ4v) is 2.71. The molecular weight excluding hydrogens is 445 g/mol. The van der Waals surface area contributed by atoms with Gasteiger partial charge in [-0.3, -0.25) is 4.99 Å². The van der Waals surface area contributed by atoms with Crippen LogP contribution < -0.4 is 10.6 Å². The molecule has 0 bridgehead atoms. The van der Waals surface area contributed by atoms with Gasteiger partial charge in [-0.25, -0.2) is 0 Å². The predicted octanol–water partition coefficient (Wildman–Crippen LogP) is 2.48. The van der Waals surface area contributed by atoms with Crippen LogP contribution in [0.3, 0.4) is 0 Å². The lowest BCUT2D eigenvalue weighted by molar-refractivity contribution is 0.0191. The number of ether oxygens (including phenoxy) is 2. The van der Waals surface area contributed by atoms with E-state index in [9.17, 15) is 5.11 Å². The molecule has 0 aliphatic carbocycles. The zero-order chi connectivity index (χ0) is 17.7. The van der Waals surface area contributed by atoms with Crippen LogP contribution in [-0.2, 0) is 9.47 Å². The van der Waals surface area contributed by atoms with Gasteiger partial charge in [0.2, 0.25) is 0 Å². The molecule has 0 spiro atoms. The van der Waals surface area contributed by atoms with E-state index in [2.05, 4.69) is 15.6 Å². The molecule has 1 aromatic rings. The first-order chi connectivity index (χ1) is 12.3. The number of aliphatic hydroxyl groups is 1. The minimum atomic E-state index is -0.484. The molecule has 1 aromatic carbocycles. The van der Waals surface area contributed by atoms with Gasteiger partial charge in [-0.2, -0.15) is 0 Å². The summed E-state index contributed by atoms with van der Waals surface area (Å²) in [5.74, 6) is 0.753. The Kier molecular flexibility index (Phi) is 12.6. The van der Waals surface area contributed by atoms with Crippen molar-refractivity contribution in [1.82, 2.24) is 10.6 Å². The molecule has 3 N–H and O–H groups in total. The molecule has 1 aliphatic rings. The highest BCUT2D eigenvalue weighted by molar-refractivity contribution is 14.0. The zero-order valence-corrected chi connectivity index (χ0v) is 17.9. The molecule has 0 saturated carbocycles. The summed E-state index contributed by atoms with van der Waals surface area (Å²) >= 11 is 0. The minimum Gasteiger partial charge on any atom is -0.388 e. The van der Waals surface area contributed by atoms with Crippen LogP contribution in [0.4, 0.5) is 0 Å². The van der Waals surface area contributed by atoms with Gasteiger partial charge in [-0.05, 0) is 31.7 Å². The van der Waals surface area contributed by atoms with E-state index in [4.69, 9.17) is 9.47 Å². The Morgan fingerprint density at radius 1 is 1.35 bits per heavy atom. The van der Waals surface area contributed by atoms with Gasteiger partial charge in [0.05, 0.1) is 25.4 Å². The summed E-state index contributed by atoms with van der Waals surface area (Å²) in [4.78, 5) is 4.51. The molecule has 1 saturated heterocycles. The van der Waals surface area contributed by atoms with Gasteiger partial charge in [0.1, 0.15) is 0 Å². The Labute approximate surface area is 173 Å². The van der Waals surface area contributed by atoms with Gasteiger partial charge in [0.15, 0.2) is 5.96 Å². The highest BCUT2D eigenvalue weighted by Crippen LogP contribution is 2.15. The first-order valence-corrected chi connectivity index (χ1v) is 9.24. The second kappa shape index (κ2) is 14.2. The van der Waals surface area contributed by atoms with E-state index in [0.29, 0.717) is 32.7 Å². The summed E-state index contributed by atoms with van der Waals surface area (Å²) in [5, 5.41) is 16.6. The van der Waals surface area contributed by atoms with Crippen molar-refractivity contribution in [2.75, 3.05) is 39.5 Å². The maximum Gasteiger partial charge on any atom is 0.191 e. The molecule has 148 valence electrons. The SMILES string of the molecule is CCNC(=NCCC(O)c1ccccc1)NCCOCC1CCCO1.I. The number of guanidine groups is 1. The van der Waals surface area contributed by atoms with Crippen molar-refractivity contribution >= 4 is 29.9 Å². The average Bonchev–Trinajstić information content (AvgIpc) is 3.15. The number of rotatable bonds is 10. The molecule has 6 nitrogen and oxygen atoms in total. The lowest BCUT2D eigenvalue weighted by atomic mass is 10.1. The molecule has 7 heteroatoms. The van der Waals surface area contributed by atoms with Crippen molar-refractivity contribution in [3.63, 3.8) is 0 Å². The number of aliphatic hydroxyl groups excluding tert-OH is 1. The number of hydrogen-bond acceptors (Lipinski definition) is 4. The van der Waals surface area contributed by atoms with Crippen molar-refractivity contribution in [2.24, 2.45) is 4.99 Å². The number of aliphatic imine (C=N–C) groups is 1.